The summed E-state index contributed by atoms with van der Waals surface area (Å²) in [5.74, 6) is 0.356. The van der Waals surface area contributed by atoms with Gasteiger partial charge < -0.3 is 10.6 Å². The molecule has 1 saturated heterocycles. The number of amides is 1. The van der Waals surface area contributed by atoms with Crippen LogP contribution in [0.1, 0.15) is 17.5 Å². The highest BCUT2D eigenvalue weighted by molar-refractivity contribution is 7.08. The Hall–Kier alpha value is -0.870. The highest BCUT2D eigenvalue weighted by atomic mass is 32.1. The van der Waals surface area contributed by atoms with E-state index in [0.717, 1.165) is 19.5 Å². The molecule has 2 rings (SSSR count). The lowest BCUT2D eigenvalue weighted by atomic mass is 10.1. The van der Waals surface area contributed by atoms with Gasteiger partial charge in [-0.1, -0.05) is 0 Å². The quantitative estimate of drug-likeness (QED) is 0.812. The number of hydrogen-bond acceptors (Lipinski definition) is 3. The molecule has 1 unspecified atom stereocenters. The highest BCUT2D eigenvalue weighted by Gasteiger charge is 2.21. The molecule has 15 heavy (non-hydrogen) atoms. The van der Waals surface area contributed by atoms with Crippen LogP contribution in [0.4, 0.5) is 0 Å². The Morgan fingerprint density at radius 3 is 3.13 bits per heavy atom. The lowest BCUT2D eigenvalue weighted by Crippen LogP contribution is -2.31. The Morgan fingerprint density at radius 2 is 2.53 bits per heavy atom. The van der Waals surface area contributed by atoms with Crippen LogP contribution in [0.25, 0.3) is 0 Å². The highest BCUT2D eigenvalue weighted by Crippen LogP contribution is 2.14. The molecule has 2 N–H and O–H groups in total. The zero-order valence-electron chi connectivity index (χ0n) is 8.88. The van der Waals surface area contributed by atoms with Crippen molar-refractivity contribution < 1.29 is 4.79 Å². The van der Waals surface area contributed by atoms with E-state index in [1.165, 1.54) is 11.1 Å². The van der Waals surface area contributed by atoms with Crippen LogP contribution in [0.3, 0.4) is 0 Å². The summed E-state index contributed by atoms with van der Waals surface area (Å²) < 4.78 is 0. The Balaban J connectivity index is 1.83. The Kier molecular flexibility index (Phi) is 3.38. The molecule has 1 atom stereocenters. The maximum absolute atomic E-state index is 11.7. The molecule has 82 valence electrons. The minimum absolute atomic E-state index is 0.170. The van der Waals surface area contributed by atoms with Gasteiger partial charge in [0.1, 0.15) is 0 Å². The fraction of sp³-hybridized carbons (Fsp3) is 0.545. The average molecular weight is 224 g/mol. The Bertz CT molecular complexity index is 342. The third kappa shape index (κ3) is 2.58. The maximum atomic E-state index is 11.7. The molecule has 1 aliphatic rings. The van der Waals surface area contributed by atoms with Crippen LogP contribution in [0.15, 0.2) is 10.8 Å². The van der Waals surface area contributed by atoms with E-state index >= 15 is 0 Å². The summed E-state index contributed by atoms with van der Waals surface area (Å²) in [6.45, 7) is 4.55. The fourth-order valence-electron chi connectivity index (χ4n) is 1.77. The lowest BCUT2D eigenvalue weighted by Gasteiger charge is -2.09. The second kappa shape index (κ2) is 4.77. The third-order valence-electron chi connectivity index (χ3n) is 2.85. The van der Waals surface area contributed by atoms with E-state index in [-0.39, 0.29) is 11.8 Å². The van der Waals surface area contributed by atoms with Gasteiger partial charge in [0, 0.05) is 13.1 Å². The van der Waals surface area contributed by atoms with Gasteiger partial charge in [-0.25, -0.2) is 0 Å². The molecule has 0 bridgehead atoms. The number of thiophene rings is 1. The number of nitrogens with one attached hydrogen (secondary N) is 2. The Labute approximate surface area is 93.9 Å². The van der Waals surface area contributed by atoms with Crippen LogP contribution in [0, 0.1) is 12.8 Å². The standard InChI is InChI=1S/C11H16N2OS/c1-8-6-15-7-10(8)5-13-11(14)9-2-3-12-4-9/h6-7,9,12H,2-5H2,1H3,(H,13,14). The van der Waals surface area contributed by atoms with Gasteiger partial charge in [0.05, 0.1) is 5.92 Å². The fourth-order valence-corrected chi connectivity index (χ4v) is 2.63. The van der Waals surface area contributed by atoms with E-state index in [2.05, 4.69) is 28.3 Å². The van der Waals surface area contributed by atoms with Crippen molar-refractivity contribution in [1.82, 2.24) is 10.6 Å². The monoisotopic (exact) mass is 224 g/mol. The summed E-state index contributed by atoms with van der Waals surface area (Å²) in [5, 5.41) is 10.4. The van der Waals surface area contributed by atoms with Crippen molar-refractivity contribution in [1.29, 1.82) is 0 Å². The average Bonchev–Trinajstić information content (AvgIpc) is 2.85. The molecule has 1 aromatic heterocycles. The molecule has 1 amide bonds. The van der Waals surface area contributed by atoms with E-state index in [0.29, 0.717) is 6.54 Å². The molecule has 1 aliphatic heterocycles. The molecular formula is C11H16N2OS. The number of carbonyl (C=O) groups is 1. The number of aryl methyl sites for hydroxylation is 1. The second-order valence-electron chi connectivity index (χ2n) is 3.99. The van der Waals surface area contributed by atoms with Crippen LogP contribution >= 0.6 is 11.3 Å². The van der Waals surface area contributed by atoms with Crippen molar-refractivity contribution in [2.45, 2.75) is 19.9 Å². The molecule has 0 aromatic carbocycles. The summed E-state index contributed by atoms with van der Waals surface area (Å²) in [7, 11) is 0. The first kappa shape index (κ1) is 10.6. The second-order valence-corrected chi connectivity index (χ2v) is 4.73. The van der Waals surface area contributed by atoms with Crippen LogP contribution in [0.5, 0.6) is 0 Å². The summed E-state index contributed by atoms with van der Waals surface area (Å²) >= 11 is 1.69. The van der Waals surface area contributed by atoms with Crippen LogP contribution < -0.4 is 10.6 Å². The van der Waals surface area contributed by atoms with Crippen LogP contribution in [0.2, 0.25) is 0 Å². The predicted octanol–water partition coefficient (Wildman–Crippen LogP) is 1.28. The predicted molar refractivity (Wildman–Crippen MR) is 61.9 cm³/mol. The SMILES string of the molecule is Cc1cscc1CNC(=O)C1CCNC1. The maximum Gasteiger partial charge on any atom is 0.224 e. The molecule has 4 heteroatoms. The summed E-state index contributed by atoms with van der Waals surface area (Å²) in [4.78, 5) is 11.7. The summed E-state index contributed by atoms with van der Waals surface area (Å²) in [5.41, 5.74) is 2.50. The molecule has 0 saturated carbocycles. The van der Waals surface area contributed by atoms with E-state index in [1.807, 2.05) is 0 Å². The van der Waals surface area contributed by atoms with Crippen molar-refractivity contribution in [3.63, 3.8) is 0 Å². The van der Waals surface area contributed by atoms with E-state index in [9.17, 15) is 4.79 Å². The smallest absolute Gasteiger partial charge is 0.224 e. The first-order valence-corrected chi connectivity index (χ1v) is 6.22. The van der Waals surface area contributed by atoms with Gasteiger partial charge >= 0.3 is 0 Å². The molecule has 0 spiro atoms. The Morgan fingerprint density at radius 1 is 1.67 bits per heavy atom. The molecule has 2 heterocycles. The van der Waals surface area contributed by atoms with Crippen LogP contribution in [-0.2, 0) is 11.3 Å². The minimum atomic E-state index is 0.170. The largest absolute Gasteiger partial charge is 0.352 e. The zero-order valence-corrected chi connectivity index (χ0v) is 9.69. The molecule has 0 aliphatic carbocycles. The van der Waals surface area contributed by atoms with Crippen molar-refractivity contribution in [3.8, 4) is 0 Å². The van der Waals surface area contributed by atoms with Gasteiger partial charge in [0.25, 0.3) is 0 Å². The van der Waals surface area contributed by atoms with Gasteiger partial charge in [0.2, 0.25) is 5.91 Å². The topological polar surface area (TPSA) is 41.1 Å². The number of hydrogen-bond donors (Lipinski definition) is 2. The van der Waals surface area contributed by atoms with Gasteiger partial charge in [-0.2, -0.15) is 11.3 Å². The van der Waals surface area contributed by atoms with Crippen molar-refractivity contribution >= 4 is 17.2 Å². The van der Waals surface area contributed by atoms with Crippen molar-refractivity contribution in [2.75, 3.05) is 13.1 Å². The third-order valence-corrected chi connectivity index (χ3v) is 3.76. The molecular weight excluding hydrogens is 208 g/mol. The summed E-state index contributed by atoms with van der Waals surface area (Å²) in [6, 6.07) is 0. The molecule has 0 radical (unpaired) electrons. The summed E-state index contributed by atoms with van der Waals surface area (Å²) in [6.07, 6.45) is 0.967. The first-order valence-electron chi connectivity index (χ1n) is 5.27. The van der Waals surface area contributed by atoms with Gasteiger partial charge in [0.15, 0.2) is 0 Å². The zero-order chi connectivity index (χ0) is 10.7. The normalized spacial score (nSPS) is 20.5. The number of carbonyl (C=O) groups excluding carboxylic acids is 1. The number of rotatable bonds is 3. The first-order chi connectivity index (χ1) is 7.27. The van der Waals surface area contributed by atoms with Gasteiger partial charge in [-0.15, -0.1) is 0 Å². The lowest BCUT2D eigenvalue weighted by molar-refractivity contribution is -0.124. The molecule has 1 fully saturated rings. The van der Waals surface area contributed by atoms with Crippen molar-refractivity contribution in [2.24, 2.45) is 5.92 Å². The molecule has 3 nitrogen and oxygen atoms in total. The minimum Gasteiger partial charge on any atom is -0.352 e. The van der Waals surface area contributed by atoms with Gasteiger partial charge in [-0.05, 0) is 41.8 Å². The van der Waals surface area contributed by atoms with Crippen LogP contribution in [-0.4, -0.2) is 19.0 Å². The van der Waals surface area contributed by atoms with E-state index < -0.39 is 0 Å². The van der Waals surface area contributed by atoms with Gasteiger partial charge in [-0.3, -0.25) is 4.79 Å². The van der Waals surface area contributed by atoms with E-state index in [4.69, 9.17) is 0 Å². The van der Waals surface area contributed by atoms with E-state index in [1.54, 1.807) is 11.3 Å². The van der Waals surface area contributed by atoms with Crippen molar-refractivity contribution in [3.05, 3.63) is 21.9 Å². The molecule has 1 aromatic rings.